The van der Waals surface area contributed by atoms with Gasteiger partial charge in [0.15, 0.2) is 0 Å². The Morgan fingerprint density at radius 3 is 2.17 bits per heavy atom. The summed E-state index contributed by atoms with van der Waals surface area (Å²) in [6.07, 6.45) is 3.07. The maximum atomic E-state index is 10.5. The second-order valence-corrected chi connectivity index (χ2v) is 3.53. The molecule has 2 N–H and O–H groups in total. The number of hydrogen-bond acceptors (Lipinski definition) is 4. The van der Waals surface area contributed by atoms with Crippen molar-refractivity contribution in [3.05, 3.63) is 23.9 Å². The fourth-order valence-corrected chi connectivity index (χ4v) is 0.697. The number of carbonyl (C=O) groups is 2. The zero-order valence-corrected chi connectivity index (χ0v) is 11.8. The zero-order chi connectivity index (χ0) is 14.4. The van der Waals surface area contributed by atoms with Gasteiger partial charge in [-0.3, -0.25) is 9.59 Å². The Hall–Kier alpha value is -1.75. The number of nitrogens with one attached hydrogen (secondary N) is 2. The topological polar surface area (TPSA) is 71.1 Å². The molecule has 0 spiro atoms. The van der Waals surface area contributed by atoms with Gasteiger partial charge in [0, 0.05) is 6.20 Å². The number of aryl methyl sites for hydroxylation is 1. The van der Waals surface area contributed by atoms with Crippen LogP contribution in [0.5, 0.6) is 0 Å². The maximum absolute atomic E-state index is 10.5. The first-order valence-corrected chi connectivity index (χ1v) is 5.82. The van der Waals surface area contributed by atoms with Gasteiger partial charge in [0.1, 0.15) is 5.82 Å². The summed E-state index contributed by atoms with van der Waals surface area (Å²) in [5, 5.41) is 5.05. The van der Waals surface area contributed by atoms with Crippen LogP contribution in [-0.4, -0.2) is 31.3 Å². The number of amides is 1. The van der Waals surface area contributed by atoms with Crippen LogP contribution in [0.2, 0.25) is 0 Å². The van der Waals surface area contributed by atoms with Gasteiger partial charge in [-0.25, -0.2) is 4.98 Å². The first kappa shape index (κ1) is 18.6. The van der Waals surface area contributed by atoms with E-state index in [0.717, 1.165) is 5.56 Å². The average molecular weight is 253 g/mol. The third-order valence-corrected chi connectivity index (χ3v) is 1.27. The van der Waals surface area contributed by atoms with E-state index < -0.39 is 5.91 Å². The number of anilines is 1. The molecule has 5 heteroatoms. The van der Waals surface area contributed by atoms with Gasteiger partial charge in [0.25, 0.3) is 5.91 Å². The minimum absolute atomic E-state index is 0.210. The summed E-state index contributed by atoms with van der Waals surface area (Å²) >= 11 is 0. The van der Waals surface area contributed by atoms with E-state index in [1.165, 1.54) is 6.42 Å². The molecule has 0 aromatic carbocycles. The number of rotatable bonds is 2. The van der Waals surface area contributed by atoms with Crippen molar-refractivity contribution in [3.8, 4) is 0 Å². The van der Waals surface area contributed by atoms with Crippen LogP contribution in [0.3, 0.4) is 0 Å². The maximum Gasteiger partial charge on any atom is 0.289 e. The number of hydrogen-bond donors (Lipinski definition) is 2. The first-order valence-electron chi connectivity index (χ1n) is 5.82. The summed E-state index contributed by atoms with van der Waals surface area (Å²) < 4.78 is 0. The summed E-state index contributed by atoms with van der Waals surface area (Å²) in [6.45, 7) is 6.14. The zero-order valence-electron chi connectivity index (χ0n) is 11.8. The van der Waals surface area contributed by atoms with Gasteiger partial charge in [0.2, 0.25) is 6.29 Å². The van der Waals surface area contributed by atoms with E-state index in [-0.39, 0.29) is 6.29 Å². The lowest BCUT2D eigenvalue weighted by Gasteiger charge is -1.98. The van der Waals surface area contributed by atoms with Gasteiger partial charge in [-0.15, -0.1) is 0 Å². The minimum atomic E-state index is -0.689. The summed E-state index contributed by atoms with van der Waals surface area (Å²) in [6, 6.07) is 3.43. The molecule has 5 nitrogen and oxygen atoms in total. The van der Waals surface area contributed by atoms with Crippen molar-refractivity contribution in [1.82, 2.24) is 10.3 Å². The molecule has 1 aromatic heterocycles. The number of carbonyl (C=O) groups excluding carboxylic acids is 2. The van der Waals surface area contributed by atoms with Crippen LogP contribution in [-0.2, 0) is 9.59 Å². The highest BCUT2D eigenvalue weighted by atomic mass is 16.2. The smallest absolute Gasteiger partial charge is 0.289 e. The standard InChI is InChI=1S/C8H8N2O2.C3H8.C2H7N/c1-6-2-3-7(9-4-6)10-8(12)5-11;2*1-3-2/h2-5H,1H3,(H,9,10,12);3H2,1-2H3;3H,1-2H3. The van der Waals surface area contributed by atoms with Gasteiger partial charge in [-0.05, 0) is 32.6 Å². The molecule has 1 rings (SSSR count). The molecule has 0 aliphatic carbocycles. The molecule has 0 atom stereocenters. The van der Waals surface area contributed by atoms with E-state index in [1.54, 1.807) is 18.3 Å². The Kier molecular flexibility index (Phi) is 13.8. The molecule has 102 valence electrons. The van der Waals surface area contributed by atoms with E-state index >= 15 is 0 Å². The average Bonchev–Trinajstić information content (AvgIpc) is 2.34. The third-order valence-electron chi connectivity index (χ3n) is 1.27. The second kappa shape index (κ2) is 13.3. The molecular weight excluding hydrogens is 230 g/mol. The summed E-state index contributed by atoms with van der Waals surface area (Å²) in [7, 11) is 3.75. The predicted molar refractivity (Wildman–Crippen MR) is 74.6 cm³/mol. The lowest BCUT2D eigenvalue weighted by atomic mass is 10.3. The van der Waals surface area contributed by atoms with Crippen molar-refractivity contribution in [1.29, 1.82) is 0 Å². The minimum Gasteiger partial charge on any atom is -0.323 e. The Balaban J connectivity index is 0. The summed E-state index contributed by atoms with van der Waals surface area (Å²) in [5.41, 5.74) is 0.999. The molecule has 1 aromatic rings. The fourth-order valence-electron chi connectivity index (χ4n) is 0.697. The molecule has 0 fully saturated rings. The summed E-state index contributed by atoms with van der Waals surface area (Å²) in [4.78, 5) is 24.4. The number of pyridine rings is 1. The molecule has 0 aliphatic heterocycles. The molecule has 18 heavy (non-hydrogen) atoms. The highest BCUT2D eigenvalue weighted by molar-refractivity contribution is 6.29. The molecular formula is C13H23N3O2. The predicted octanol–water partition coefficient (Wildman–Crippen LogP) is 1.78. The van der Waals surface area contributed by atoms with E-state index in [0.29, 0.717) is 5.82 Å². The Morgan fingerprint density at radius 1 is 1.33 bits per heavy atom. The van der Waals surface area contributed by atoms with Crippen LogP contribution in [0.4, 0.5) is 5.82 Å². The van der Waals surface area contributed by atoms with E-state index in [2.05, 4.69) is 29.5 Å². The Bertz CT molecular complexity index is 322. The molecule has 0 unspecified atom stereocenters. The molecule has 0 bridgehead atoms. The lowest BCUT2D eigenvalue weighted by Crippen LogP contribution is -2.13. The molecule has 1 heterocycles. The number of aldehydes is 1. The van der Waals surface area contributed by atoms with Crippen molar-refractivity contribution in [2.24, 2.45) is 0 Å². The number of nitrogens with zero attached hydrogens (tertiary/aromatic N) is 1. The van der Waals surface area contributed by atoms with Crippen LogP contribution in [0.25, 0.3) is 0 Å². The highest BCUT2D eigenvalue weighted by Crippen LogP contribution is 2.02. The summed E-state index contributed by atoms with van der Waals surface area (Å²) in [5.74, 6) is -0.302. The highest BCUT2D eigenvalue weighted by Gasteiger charge is 1.98. The van der Waals surface area contributed by atoms with Crippen molar-refractivity contribution in [2.45, 2.75) is 27.2 Å². The van der Waals surface area contributed by atoms with Crippen LogP contribution in [0, 0.1) is 6.92 Å². The molecule has 1 amide bonds. The van der Waals surface area contributed by atoms with Crippen molar-refractivity contribution >= 4 is 18.0 Å². The Labute approximate surface area is 109 Å². The van der Waals surface area contributed by atoms with E-state index in [9.17, 15) is 9.59 Å². The van der Waals surface area contributed by atoms with Crippen LogP contribution < -0.4 is 10.6 Å². The van der Waals surface area contributed by atoms with Gasteiger partial charge in [-0.2, -0.15) is 0 Å². The van der Waals surface area contributed by atoms with Crippen LogP contribution in [0.15, 0.2) is 18.3 Å². The monoisotopic (exact) mass is 253 g/mol. The largest absolute Gasteiger partial charge is 0.323 e. The van der Waals surface area contributed by atoms with Crippen molar-refractivity contribution in [2.75, 3.05) is 19.4 Å². The SMILES string of the molecule is CCC.CNC.Cc1ccc(NC(=O)C=O)nc1. The first-order chi connectivity index (χ1) is 8.55. The van der Waals surface area contributed by atoms with Crippen LogP contribution >= 0.6 is 0 Å². The van der Waals surface area contributed by atoms with Gasteiger partial charge < -0.3 is 10.6 Å². The number of aromatic nitrogens is 1. The fraction of sp³-hybridized carbons (Fsp3) is 0.462. The van der Waals surface area contributed by atoms with Gasteiger partial charge >= 0.3 is 0 Å². The lowest BCUT2D eigenvalue weighted by molar-refractivity contribution is -0.127. The van der Waals surface area contributed by atoms with Gasteiger partial charge in [-0.1, -0.05) is 26.3 Å². The van der Waals surface area contributed by atoms with Crippen LogP contribution in [0.1, 0.15) is 25.8 Å². The molecule has 0 saturated carbocycles. The second-order valence-electron chi connectivity index (χ2n) is 3.53. The van der Waals surface area contributed by atoms with Crippen molar-refractivity contribution in [3.63, 3.8) is 0 Å². The normalized spacial score (nSPS) is 8.06. The van der Waals surface area contributed by atoms with E-state index in [1.807, 2.05) is 21.0 Å². The van der Waals surface area contributed by atoms with Gasteiger partial charge in [0.05, 0.1) is 0 Å². The quantitative estimate of drug-likeness (QED) is 0.622. The molecule has 0 aliphatic rings. The van der Waals surface area contributed by atoms with Crippen molar-refractivity contribution < 1.29 is 9.59 Å². The molecule has 0 radical (unpaired) electrons. The van der Waals surface area contributed by atoms with E-state index in [4.69, 9.17) is 0 Å². The third kappa shape index (κ3) is 12.3. The Morgan fingerprint density at radius 2 is 1.83 bits per heavy atom. The molecule has 0 saturated heterocycles.